The first-order valence-electron chi connectivity index (χ1n) is 7.95. The van der Waals surface area contributed by atoms with Gasteiger partial charge < -0.3 is 15.1 Å². The van der Waals surface area contributed by atoms with Crippen LogP contribution in [0.1, 0.15) is 34.3 Å². The molecule has 2 N–H and O–H groups in total. The minimum Gasteiger partial charge on any atom is -0.459 e. The Morgan fingerprint density at radius 2 is 2.08 bits per heavy atom. The van der Waals surface area contributed by atoms with E-state index in [9.17, 15) is 0 Å². The van der Waals surface area contributed by atoms with Crippen molar-refractivity contribution < 1.29 is 4.42 Å². The summed E-state index contributed by atoms with van der Waals surface area (Å²) in [6.07, 6.45) is 0. The first-order valence-corrected chi connectivity index (χ1v) is 8.77. The number of fused-ring (bicyclic) bond motifs is 1. The van der Waals surface area contributed by atoms with Gasteiger partial charge in [-0.05, 0) is 32.9 Å². The highest BCUT2D eigenvalue weighted by Gasteiger charge is 2.13. The number of aliphatic imine (C=N–C) groups is 1. The van der Waals surface area contributed by atoms with E-state index in [-0.39, 0.29) is 30.0 Å². The Kier molecular flexibility index (Phi) is 6.83. The molecule has 0 saturated carbocycles. The fraction of sp³-hybridized carbons (Fsp3) is 0.333. The van der Waals surface area contributed by atoms with E-state index in [2.05, 4.69) is 46.6 Å². The summed E-state index contributed by atoms with van der Waals surface area (Å²) in [5.74, 6) is 1.62. The Hall–Kier alpha value is -1.61. The SMILES string of the molecule is CN=C(NCc1nc(C)c(C)s1)NC(C)c1cc2ccccc2o1.I. The van der Waals surface area contributed by atoms with Gasteiger partial charge in [0.25, 0.3) is 0 Å². The lowest BCUT2D eigenvalue weighted by molar-refractivity contribution is 0.488. The molecule has 0 fully saturated rings. The van der Waals surface area contributed by atoms with Gasteiger partial charge in [-0.25, -0.2) is 4.98 Å². The average Bonchev–Trinajstić information content (AvgIpc) is 3.14. The predicted octanol–water partition coefficient (Wildman–Crippen LogP) is 4.55. The molecule has 1 unspecified atom stereocenters. The summed E-state index contributed by atoms with van der Waals surface area (Å²) in [5, 5.41) is 8.83. The fourth-order valence-corrected chi connectivity index (χ4v) is 3.33. The second kappa shape index (κ2) is 8.66. The number of aryl methyl sites for hydroxylation is 2. The maximum absolute atomic E-state index is 5.90. The minimum absolute atomic E-state index is 0. The maximum Gasteiger partial charge on any atom is 0.191 e. The lowest BCUT2D eigenvalue weighted by Gasteiger charge is -2.15. The molecule has 0 bridgehead atoms. The normalized spacial score (nSPS) is 12.7. The number of halogens is 1. The zero-order valence-electron chi connectivity index (χ0n) is 14.8. The van der Waals surface area contributed by atoms with E-state index >= 15 is 0 Å². The van der Waals surface area contributed by atoms with E-state index in [1.54, 1.807) is 18.4 Å². The second-order valence-corrected chi connectivity index (χ2v) is 7.02. The van der Waals surface area contributed by atoms with Crippen molar-refractivity contribution in [3.63, 3.8) is 0 Å². The van der Waals surface area contributed by atoms with Gasteiger partial charge >= 0.3 is 0 Å². The van der Waals surface area contributed by atoms with Gasteiger partial charge in [0.2, 0.25) is 0 Å². The topological polar surface area (TPSA) is 62.5 Å². The number of benzene rings is 1. The Balaban J connectivity index is 0.00000225. The van der Waals surface area contributed by atoms with Crippen molar-refractivity contribution in [1.82, 2.24) is 15.6 Å². The zero-order chi connectivity index (χ0) is 17.1. The standard InChI is InChI=1S/C18H22N4OS.HI/c1-11-13(3)24-17(21-11)10-20-18(19-4)22-12(2)16-9-14-7-5-6-8-15(14)23-16;/h5-9,12H,10H2,1-4H3,(H2,19,20,22);1H. The maximum atomic E-state index is 5.90. The molecule has 7 heteroatoms. The van der Waals surface area contributed by atoms with Crippen LogP contribution < -0.4 is 10.6 Å². The quantitative estimate of drug-likeness (QED) is 0.334. The number of aromatic nitrogens is 1. The Morgan fingerprint density at radius 3 is 2.72 bits per heavy atom. The Bertz CT molecular complexity index is 818. The van der Waals surface area contributed by atoms with Gasteiger partial charge in [0.1, 0.15) is 16.4 Å². The molecule has 0 aliphatic rings. The number of hydrogen-bond acceptors (Lipinski definition) is 4. The van der Waals surface area contributed by atoms with Crippen LogP contribution in [0.5, 0.6) is 0 Å². The van der Waals surface area contributed by atoms with Crippen molar-refractivity contribution >= 4 is 52.2 Å². The van der Waals surface area contributed by atoms with E-state index in [1.807, 2.05) is 25.1 Å². The number of rotatable bonds is 4. The van der Waals surface area contributed by atoms with Crippen LogP contribution in [-0.4, -0.2) is 18.0 Å². The second-order valence-electron chi connectivity index (χ2n) is 5.73. The molecule has 2 heterocycles. The van der Waals surface area contributed by atoms with E-state index in [0.29, 0.717) is 6.54 Å². The van der Waals surface area contributed by atoms with Crippen molar-refractivity contribution in [3.05, 3.63) is 51.7 Å². The monoisotopic (exact) mass is 470 g/mol. The number of para-hydroxylation sites is 1. The molecule has 25 heavy (non-hydrogen) atoms. The molecule has 0 spiro atoms. The molecule has 1 aromatic carbocycles. The lowest BCUT2D eigenvalue weighted by atomic mass is 10.2. The molecule has 3 rings (SSSR count). The van der Waals surface area contributed by atoms with Gasteiger partial charge in [-0.15, -0.1) is 35.3 Å². The van der Waals surface area contributed by atoms with Crippen LogP contribution in [0.3, 0.4) is 0 Å². The number of nitrogens with zero attached hydrogens (tertiary/aromatic N) is 2. The van der Waals surface area contributed by atoms with Crippen LogP contribution in [0.25, 0.3) is 11.0 Å². The Labute approximate surface area is 169 Å². The van der Waals surface area contributed by atoms with Crippen molar-refractivity contribution in [2.75, 3.05) is 7.05 Å². The Morgan fingerprint density at radius 1 is 1.32 bits per heavy atom. The third-order valence-corrected chi connectivity index (χ3v) is 5.00. The number of nitrogens with one attached hydrogen (secondary N) is 2. The summed E-state index contributed by atoms with van der Waals surface area (Å²) in [4.78, 5) is 10.1. The van der Waals surface area contributed by atoms with E-state index < -0.39 is 0 Å². The van der Waals surface area contributed by atoms with E-state index in [0.717, 1.165) is 33.4 Å². The number of furan rings is 1. The average molecular weight is 470 g/mol. The van der Waals surface area contributed by atoms with Crippen molar-refractivity contribution in [3.8, 4) is 0 Å². The first kappa shape index (κ1) is 19.7. The summed E-state index contributed by atoms with van der Waals surface area (Å²) in [6.45, 7) is 6.84. The van der Waals surface area contributed by atoms with E-state index in [4.69, 9.17) is 4.42 Å². The molecular formula is C18H23IN4OS. The highest BCUT2D eigenvalue weighted by molar-refractivity contribution is 14.0. The highest BCUT2D eigenvalue weighted by atomic mass is 127. The number of hydrogen-bond donors (Lipinski definition) is 2. The van der Waals surface area contributed by atoms with Gasteiger partial charge in [0.15, 0.2) is 5.96 Å². The summed E-state index contributed by atoms with van der Waals surface area (Å²) in [5.41, 5.74) is 1.99. The van der Waals surface area contributed by atoms with Crippen molar-refractivity contribution in [2.45, 2.75) is 33.4 Å². The van der Waals surface area contributed by atoms with Crippen LogP contribution >= 0.6 is 35.3 Å². The van der Waals surface area contributed by atoms with Gasteiger partial charge in [0.05, 0.1) is 18.3 Å². The van der Waals surface area contributed by atoms with Gasteiger partial charge in [-0.1, -0.05) is 18.2 Å². The van der Waals surface area contributed by atoms with E-state index in [1.165, 1.54) is 4.88 Å². The molecule has 5 nitrogen and oxygen atoms in total. The largest absolute Gasteiger partial charge is 0.459 e. The van der Waals surface area contributed by atoms with Crippen LogP contribution in [0, 0.1) is 13.8 Å². The molecule has 1 atom stereocenters. The molecule has 2 aromatic heterocycles. The predicted molar refractivity (Wildman–Crippen MR) is 115 cm³/mol. The molecule has 3 aromatic rings. The third kappa shape index (κ3) is 4.72. The van der Waals surface area contributed by atoms with Crippen LogP contribution in [0.15, 0.2) is 39.7 Å². The summed E-state index contributed by atoms with van der Waals surface area (Å²) >= 11 is 1.71. The smallest absolute Gasteiger partial charge is 0.191 e. The zero-order valence-corrected chi connectivity index (χ0v) is 17.9. The fourth-order valence-electron chi connectivity index (χ4n) is 2.46. The molecular weight excluding hydrogens is 447 g/mol. The van der Waals surface area contributed by atoms with Gasteiger partial charge in [-0.3, -0.25) is 4.99 Å². The van der Waals surface area contributed by atoms with Gasteiger partial charge in [-0.2, -0.15) is 0 Å². The summed E-state index contributed by atoms with van der Waals surface area (Å²) < 4.78 is 5.90. The minimum atomic E-state index is 0. The van der Waals surface area contributed by atoms with Gasteiger partial charge in [0, 0.05) is 17.3 Å². The molecule has 0 amide bonds. The first-order chi connectivity index (χ1) is 11.6. The highest BCUT2D eigenvalue weighted by Crippen LogP contribution is 2.23. The summed E-state index contributed by atoms with van der Waals surface area (Å²) in [6, 6.07) is 10.1. The number of guanidine groups is 1. The third-order valence-electron chi connectivity index (χ3n) is 3.93. The van der Waals surface area contributed by atoms with Crippen LogP contribution in [0.2, 0.25) is 0 Å². The van der Waals surface area contributed by atoms with Crippen LogP contribution in [-0.2, 0) is 6.54 Å². The van der Waals surface area contributed by atoms with Crippen molar-refractivity contribution in [1.29, 1.82) is 0 Å². The molecule has 0 aliphatic heterocycles. The summed E-state index contributed by atoms with van der Waals surface area (Å²) in [7, 11) is 1.76. The molecule has 0 radical (unpaired) electrons. The molecule has 134 valence electrons. The van der Waals surface area contributed by atoms with Crippen LogP contribution in [0.4, 0.5) is 0 Å². The molecule has 0 aliphatic carbocycles. The number of thiazole rings is 1. The lowest BCUT2D eigenvalue weighted by Crippen LogP contribution is -2.38. The molecule has 0 saturated heterocycles. The van der Waals surface area contributed by atoms with Crippen molar-refractivity contribution in [2.24, 2.45) is 4.99 Å².